The lowest BCUT2D eigenvalue weighted by Crippen LogP contribution is -2.44. The Balaban J connectivity index is 1.24. The lowest BCUT2D eigenvalue weighted by molar-refractivity contribution is -0.129. The number of nitrogens with one attached hydrogen (secondary N) is 1. The van der Waals surface area contributed by atoms with Gasteiger partial charge in [-0.2, -0.15) is 0 Å². The summed E-state index contributed by atoms with van der Waals surface area (Å²) in [6.45, 7) is 10.4. The molecule has 9 heteroatoms. The Morgan fingerprint density at radius 2 is 1.85 bits per heavy atom. The second kappa shape index (κ2) is 10.8. The number of carbonyl (C=O) groups excluding carboxylic acids is 1. The third-order valence-corrected chi connectivity index (χ3v) is 9.23. The van der Waals surface area contributed by atoms with Crippen molar-refractivity contribution in [2.45, 2.75) is 44.8 Å². The highest BCUT2D eigenvalue weighted by atomic mass is 79.9. The van der Waals surface area contributed by atoms with Gasteiger partial charge in [0, 0.05) is 66.3 Å². The fourth-order valence-electron chi connectivity index (χ4n) is 6.23. The van der Waals surface area contributed by atoms with E-state index in [1.165, 1.54) is 5.56 Å². The summed E-state index contributed by atoms with van der Waals surface area (Å²) in [5.74, 6) is 0.962. The molecule has 3 aliphatic rings. The average Bonchev–Trinajstić information content (AvgIpc) is 3.40. The molecule has 2 fully saturated rings. The maximum atomic E-state index is 13.6. The molecule has 0 radical (unpaired) electrons. The minimum absolute atomic E-state index is 0.0158. The van der Waals surface area contributed by atoms with Crippen LogP contribution in [0.1, 0.15) is 43.1 Å². The van der Waals surface area contributed by atoms with Crippen molar-refractivity contribution in [3.8, 4) is 5.75 Å². The van der Waals surface area contributed by atoms with Gasteiger partial charge < -0.3 is 24.4 Å². The van der Waals surface area contributed by atoms with E-state index >= 15 is 0 Å². The summed E-state index contributed by atoms with van der Waals surface area (Å²) in [5.41, 5.74) is 4.48. The first-order valence-electron chi connectivity index (χ1n) is 13.9. The van der Waals surface area contributed by atoms with Crippen LogP contribution < -0.4 is 4.74 Å². The number of thiocarbonyl (C=S) groups is 1. The Morgan fingerprint density at radius 1 is 1.10 bits per heavy atom. The fraction of sp³-hybridized carbons (Fsp3) is 0.467. The van der Waals surface area contributed by atoms with Crippen molar-refractivity contribution in [3.63, 3.8) is 0 Å². The molecule has 2 unspecified atom stereocenters. The first-order chi connectivity index (χ1) is 18.8. The number of carbonyl (C=O) groups is 1. The second-order valence-electron chi connectivity index (χ2n) is 11.2. The Labute approximate surface area is 244 Å². The van der Waals surface area contributed by atoms with E-state index in [0.29, 0.717) is 18.1 Å². The molecule has 3 aromatic rings. The molecule has 0 aliphatic carbocycles. The Kier molecular flexibility index (Phi) is 7.43. The van der Waals surface area contributed by atoms with Crippen LogP contribution in [0.2, 0.25) is 0 Å². The normalized spacial score (nSPS) is 22.2. The third-order valence-electron chi connectivity index (χ3n) is 8.33. The van der Waals surface area contributed by atoms with Gasteiger partial charge >= 0.3 is 0 Å². The molecule has 0 saturated carbocycles. The van der Waals surface area contributed by atoms with Crippen LogP contribution in [0.3, 0.4) is 0 Å². The maximum Gasteiger partial charge on any atom is 0.252 e. The number of aromatic amines is 1. The van der Waals surface area contributed by atoms with Gasteiger partial charge in [-0.05, 0) is 81.0 Å². The molecular weight excluding hydrogens is 574 g/mol. The smallest absolute Gasteiger partial charge is 0.252 e. The quantitative estimate of drug-likeness (QED) is 0.307. The zero-order chi connectivity index (χ0) is 27.3. The van der Waals surface area contributed by atoms with Crippen LogP contribution in [-0.2, 0) is 11.2 Å². The van der Waals surface area contributed by atoms with Crippen LogP contribution in [0.5, 0.6) is 5.75 Å². The third kappa shape index (κ3) is 4.99. The van der Waals surface area contributed by atoms with Crippen molar-refractivity contribution < 1.29 is 9.53 Å². The van der Waals surface area contributed by atoms with Crippen molar-refractivity contribution in [1.82, 2.24) is 24.6 Å². The molecule has 3 aliphatic heterocycles. The van der Waals surface area contributed by atoms with E-state index in [2.05, 4.69) is 79.1 Å². The number of halogens is 1. The number of aromatic nitrogens is 1. The van der Waals surface area contributed by atoms with Gasteiger partial charge in [-0.15, -0.1) is 0 Å². The van der Waals surface area contributed by atoms with Crippen LogP contribution in [0, 0.1) is 0 Å². The number of rotatable bonds is 7. The highest BCUT2D eigenvalue weighted by Crippen LogP contribution is 2.45. The average molecular weight is 611 g/mol. The molecule has 6 rings (SSSR count). The monoisotopic (exact) mass is 609 g/mol. The number of ether oxygens (including phenoxy) is 1. The topological polar surface area (TPSA) is 55.1 Å². The second-order valence-corrected chi connectivity index (χ2v) is 12.5. The van der Waals surface area contributed by atoms with Crippen LogP contribution in [0.4, 0.5) is 0 Å². The standard InChI is InChI=1S/C30H36BrN5O2S/c1-19(2)35-29(37)26-18-24-23-17-21(31)7-10-25(23)32-27(24)28(36(26)30(35)39)20-5-8-22(9-6-20)38-16-4-11-34-14-12-33(3)13-15-34/h5-10,17,19,26,28,32H,4,11-16,18H2,1-3H3. The van der Waals surface area contributed by atoms with Gasteiger partial charge in [-0.3, -0.25) is 9.69 Å². The summed E-state index contributed by atoms with van der Waals surface area (Å²) in [6.07, 6.45) is 1.65. The summed E-state index contributed by atoms with van der Waals surface area (Å²) in [4.78, 5) is 26.1. The minimum Gasteiger partial charge on any atom is -0.494 e. The molecule has 4 heterocycles. The molecule has 2 aromatic carbocycles. The van der Waals surface area contributed by atoms with E-state index in [1.54, 1.807) is 4.90 Å². The molecule has 39 heavy (non-hydrogen) atoms. The molecular formula is C30H36BrN5O2S. The highest BCUT2D eigenvalue weighted by molar-refractivity contribution is 9.10. The number of fused-ring (bicyclic) bond motifs is 4. The Hall–Kier alpha value is -2.46. The molecule has 1 aromatic heterocycles. The first kappa shape index (κ1) is 26.7. The number of benzene rings is 2. The molecule has 7 nitrogen and oxygen atoms in total. The van der Waals surface area contributed by atoms with Gasteiger partial charge in [0.15, 0.2) is 5.11 Å². The molecule has 206 valence electrons. The van der Waals surface area contributed by atoms with Crippen LogP contribution in [0.25, 0.3) is 10.9 Å². The zero-order valence-electron chi connectivity index (χ0n) is 22.8. The van der Waals surface area contributed by atoms with E-state index in [4.69, 9.17) is 17.0 Å². The predicted octanol–water partition coefficient (Wildman–Crippen LogP) is 4.80. The Bertz CT molecular complexity index is 1380. The van der Waals surface area contributed by atoms with E-state index < -0.39 is 0 Å². The zero-order valence-corrected chi connectivity index (χ0v) is 25.2. The van der Waals surface area contributed by atoms with Crippen LogP contribution >= 0.6 is 28.1 Å². The van der Waals surface area contributed by atoms with Crippen molar-refractivity contribution in [2.75, 3.05) is 46.4 Å². The summed E-state index contributed by atoms with van der Waals surface area (Å²) >= 11 is 9.57. The van der Waals surface area contributed by atoms with Crippen molar-refractivity contribution in [2.24, 2.45) is 0 Å². The van der Waals surface area contributed by atoms with Crippen molar-refractivity contribution in [3.05, 3.63) is 63.8 Å². The summed E-state index contributed by atoms with van der Waals surface area (Å²) in [7, 11) is 2.19. The number of hydrogen-bond donors (Lipinski definition) is 1. The molecule has 0 bridgehead atoms. The van der Waals surface area contributed by atoms with Crippen LogP contribution in [0.15, 0.2) is 46.9 Å². The molecule has 2 atom stereocenters. The summed E-state index contributed by atoms with van der Waals surface area (Å²) < 4.78 is 7.14. The van der Waals surface area contributed by atoms with E-state index in [1.807, 2.05) is 19.9 Å². The van der Waals surface area contributed by atoms with Gasteiger partial charge in [-0.25, -0.2) is 0 Å². The summed E-state index contributed by atoms with van der Waals surface area (Å²) in [6, 6.07) is 14.2. The van der Waals surface area contributed by atoms with Gasteiger partial charge in [0.2, 0.25) is 0 Å². The van der Waals surface area contributed by atoms with E-state index in [9.17, 15) is 4.79 Å². The molecule has 2 saturated heterocycles. The molecule has 1 amide bonds. The van der Waals surface area contributed by atoms with Gasteiger partial charge in [0.05, 0.1) is 12.6 Å². The van der Waals surface area contributed by atoms with E-state index in [-0.39, 0.29) is 24.0 Å². The fourth-order valence-corrected chi connectivity index (χ4v) is 7.13. The molecule has 1 N–H and O–H groups in total. The van der Waals surface area contributed by atoms with Crippen molar-refractivity contribution in [1.29, 1.82) is 0 Å². The first-order valence-corrected chi connectivity index (χ1v) is 15.1. The van der Waals surface area contributed by atoms with Crippen molar-refractivity contribution >= 4 is 50.1 Å². The lowest BCUT2D eigenvalue weighted by Gasteiger charge is -2.37. The SMILES string of the molecule is CC(C)N1C(=O)C2Cc3c([nH]c4ccc(Br)cc34)C(c3ccc(OCCCN4CCN(C)CC4)cc3)N2C1=S. The highest BCUT2D eigenvalue weighted by Gasteiger charge is 2.51. The number of nitrogens with zero attached hydrogens (tertiary/aromatic N) is 4. The number of piperazine rings is 1. The predicted molar refractivity (Wildman–Crippen MR) is 162 cm³/mol. The summed E-state index contributed by atoms with van der Waals surface area (Å²) in [5, 5.41) is 1.77. The molecule has 0 spiro atoms. The van der Waals surface area contributed by atoms with E-state index in [0.717, 1.165) is 71.5 Å². The number of H-pyrrole nitrogens is 1. The largest absolute Gasteiger partial charge is 0.494 e. The van der Waals surface area contributed by atoms with Gasteiger partial charge in [0.25, 0.3) is 5.91 Å². The number of likely N-dealkylation sites (N-methyl/N-ethyl adjacent to an activating group) is 1. The minimum atomic E-state index is -0.305. The number of amides is 1. The maximum absolute atomic E-state index is 13.6. The van der Waals surface area contributed by atoms with Gasteiger partial charge in [0.1, 0.15) is 11.8 Å². The van der Waals surface area contributed by atoms with Crippen LogP contribution in [-0.4, -0.2) is 94.1 Å². The lowest BCUT2D eigenvalue weighted by atomic mass is 9.89. The Morgan fingerprint density at radius 3 is 2.56 bits per heavy atom. The number of hydrogen-bond acceptors (Lipinski definition) is 5. The van der Waals surface area contributed by atoms with Gasteiger partial charge in [-0.1, -0.05) is 28.1 Å².